The van der Waals surface area contributed by atoms with Gasteiger partial charge in [0.25, 0.3) is 0 Å². The van der Waals surface area contributed by atoms with E-state index in [1.54, 1.807) is 0 Å². The highest BCUT2D eigenvalue weighted by atomic mass is 15.3. The van der Waals surface area contributed by atoms with E-state index in [-0.39, 0.29) is 0 Å². The highest BCUT2D eigenvalue weighted by Crippen LogP contribution is 2.24. The van der Waals surface area contributed by atoms with Crippen LogP contribution in [0.5, 0.6) is 0 Å². The normalized spacial score (nSPS) is 15.2. The lowest BCUT2D eigenvalue weighted by Gasteiger charge is -2.30. The Bertz CT molecular complexity index is 584. The van der Waals surface area contributed by atoms with Gasteiger partial charge in [-0.05, 0) is 43.9 Å². The Morgan fingerprint density at radius 3 is 2.68 bits per heavy atom. The molecule has 1 N–H and O–H groups in total. The molecular weight excluding hydrogens is 272 g/mol. The predicted octanol–water partition coefficient (Wildman–Crippen LogP) is 3.18. The van der Waals surface area contributed by atoms with Crippen molar-refractivity contribution in [1.82, 2.24) is 15.1 Å². The van der Waals surface area contributed by atoms with Crippen molar-refractivity contribution in [2.75, 3.05) is 18.0 Å². The third kappa shape index (κ3) is 3.50. The van der Waals surface area contributed by atoms with Gasteiger partial charge in [-0.3, -0.25) is 4.68 Å². The van der Waals surface area contributed by atoms with Crippen molar-refractivity contribution in [3.63, 3.8) is 0 Å². The molecule has 0 saturated carbocycles. The SMILES string of the molecule is CCn1nccc1CNCc1ccccc1N1CCCCC1. The molecular formula is C18H26N4. The Balaban J connectivity index is 1.62. The van der Waals surface area contributed by atoms with E-state index in [4.69, 9.17) is 0 Å². The predicted molar refractivity (Wildman–Crippen MR) is 91.0 cm³/mol. The van der Waals surface area contributed by atoms with E-state index < -0.39 is 0 Å². The molecule has 1 saturated heterocycles. The fraction of sp³-hybridized carbons (Fsp3) is 0.500. The van der Waals surface area contributed by atoms with Crippen molar-refractivity contribution in [2.45, 2.75) is 45.8 Å². The standard InChI is InChI=1S/C18H26N4/c1-2-22-17(10-11-20-22)15-19-14-16-8-4-5-9-18(16)21-12-6-3-7-13-21/h4-5,8-11,19H,2-3,6-7,12-15H2,1H3. The molecule has 1 fully saturated rings. The summed E-state index contributed by atoms with van der Waals surface area (Å²) < 4.78 is 2.05. The fourth-order valence-corrected chi connectivity index (χ4v) is 3.22. The van der Waals surface area contributed by atoms with Gasteiger partial charge in [0.2, 0.25) is 0 Å². The average molecular weight is 298 g/mol. The maximum absolute atomic E-state index is 4.32. The van der Waals surface area contributed by atoms with Crippen LogP contribution in [0.25, 0.3) is 0 Å². The van der Waals surface area contributed by atoms with Gasteiger partial charge in [0.15, 0.2) is 0 Å². The summed E-state index contributed by atoms with van der Waals surface area (Å²) in [6.45, 7) is 7.21. The summed E-state index contributed by atoms with van der Waals surface area (Å²) in [5.41, 5.74) is 4.05. The van der Waals surface area contributed by atoms with Crippen LogP contribution < -0.4 is 10.2 Å². The van der Waals surface area contributed by atoms with Gasteiger partial charge in [-0.15, -0.1) is 0 Å². The molecule has 2 heterocycles. The van der Waals surface area contributed by atoms with Crippen molar-refractivity contribution in [1.29, 1.82) is 0 Å². The van der Waals surface area contributed by atoms with Crippen LogP contribution in [0.1, 0.15) is 37.4 Å². The summed E-state index contributed by atoms with van der Waals surface area (Å²) in [5, 5.41) is 7.89. The van der Waals surface area contributed by atoms with Gasteiger partial charge < -0.3 is 10.2 Å². The largest absolute Gasteiger partial charge is 0.371 e. The number of anilines is 1. The second-order valence-electron chi connectivity index (χ2n) is 5.92. The Morgan fingerprint density at radius 1 is 1.05 bits per heavy atom. The lowest BCUT2D eigenvalue weighted by atomic mass is 10.1. The quantitative estimate of drug-likeness (QED) is 0.889. The minimum atomic E-state index is 0.863. The van der Waals surface area contributed by atoms with Gasteiger partial charge in [0, 0.05) is 44.6 Å². The number of hydrogen-bond acceptors (Lipinski definition) is 3. The molecule has 0 amide bonds. The van der Waals surface area contributed by atoms with E-state index in [0.29, 0.717) is 0 Å². The van der Waals surface area contributed by atoms with Gasteiger partial charge >= 0.3 is 0 Å². The molecule has 0 atom stereocenters. The van der Waals surface area contributed by atoms with E-state index in [1.165, 1.54) is 49.3 Å². The van der Waals surface area contributed by atoms with Crippen LogP contribution >= 0.6 is 0 Å². The number of piperidine rings is 1. The van der Waals surface area contributed by atoms with Crippen LogP contribution in [0.4, 0.5) is 5.69 Å². The minimum Gasteiger partial charge on any atom is -0.371 e. The third-order valence-corrected chi connectivity index (χ3v) is 4.41. The van der Waals surface area contributed by atoms with Gasteiger partial charge in [0.05, 0.1) is 5.69 Å². The highest BCUT2D eigenvalue weighted by molar-refractivity contribution is 5.53. The number of hydrogen-bond donors (Lipinski definition) is 1. The number of aryl methyl sites for hydroxylation is 1. The topological polar surface area (TPSA) is 33.1 Å². The van der Waals surface area contributed by atoms with Crippen molar-refractivity contribution in [3.05, 3.63) is 47.8 Å². The first kappa shape index (κ1) is 15.1. The van der Waals surface area contributed by atoms with Crippen LogP contribution in [0.15, 0.2) is 36.5 Å². The first-order valence-electron chi connectivity index (χ1n) is 8.42. The molecule has 1 aromatic carbocycles. The summed E-state index contributed by atoms with van der Waals surface area (Å²) >= 11 is 0. The van der Waals surface area contributed by atoms with E-state index in [9.17, 15) is 0 Å². The molecule has 3 rings (SSSR count). The number of para-hydroxylation sites is 1. The van der Waals surface area contributed by atoms with Crippen molar-refractivity contribution >= 4 is 5.69 Å². The lowest BCUT2D eigenvalue weighted by Crippen LogP contribution is -2.30. The highest BCUT2D eigenvalue weighted by Gasteiger charge is 2.13. The van der Waals surface area contributed by atoms with Gasteiger partial charge in [-0.1, -0.05) is 18.2 Å². The molecule has 0 radical (unpaired) electrons. The van der Waals surface area contributed by atoms with Crippen LogP contribution in [-0.2, 0) is 19.6 Å². The second kappa shape index (κ2) is 7.45. The first-order chi connectivity index (χ1) is 10.9. The van der Waals surface area contributed by atoms with Crippen LogP contribution in [-0.4, -0.2) is 22.9 Å². The van der Waals surface area contributed by atoms with E-state index >= 15 is 0 Å². The average Bonchev–Trinajstić information content (AvgIpc) is 3.04. The Kier molecular flexibility index (Phi) is 5.11. The summed E-state index contributed by atoms with van der Waals surface area (Å²) in [4.78, 5) is 2.54. The molecule has 1 aromatic heterocycles. The molecule has 0 spiro atoms. The molecule has 22 heavy (non-hydrogen) atoms. The molecule has 118 valence electrons. The number of rotatable bonds is 6. The summed E-state index contributed by atoms with van der Waals surface area (Å²) in [7, 11) is 0. The van der Waals surface area contributed by atoms with Crippen LogP contribution in [0.3, 0.4) is 0 Å². The maximum atomic E-state index is 4.32. The zero-order chi connectivity index (χ0) is 15.2. The Hall–Kier alpha value is -1.81. The van der Waals surface area contributed by atoms with Gasteiger partial charge in [-0.2, -0.15) is 5.10 Å². The Morgan fingerprint density at radius 2 is 1.86 bits per heavy atom. The molecule has 1 aliphatic rings. The number of nitrogens with one attached hydrogen (secondary N) is 1. The molecule has 2 aromatic rings. The summed E-state index contributed by atoms with van der Waals surface area (Å²) in [6.07, 6.45) is 5.88. The maximum Gasteiger partial charge on any atom is 0.0522 e. The van der Waals surface area contributed by atoms with Crippen molar-refractivity contribution in [3.8, 4) is 0 Å². The number of nitrogens with zero attached hydrogens (tertiary/aromatic N) is 3. The smallest absolute Gasteiger partial charge is 0.0522 e. The molecule has 0 unspecified atom stereocenters. The summed E-state index contributed by atoms with van der Waals surface area (Å²) in [5.74, 6) is 0. The van der Waals surface area contributed by atoms with E-state index in [0.717, 1.165) is 19.6 Å². The molecule has 0 aliphatic carbocycles. The Labute approximate surface area is 133 Å². The molecule has 1 aliphatic heterocycles. The second-order valence-corrected chi connectivity index (χ2v) is 5.92. The zero-order valence-electron chi connectivity index (χ0n) is 13.5. The monoisotopic (exact) mass is 298 g/mol. The van der Waals surface area contributed by atoms with Gasteiger partial charge in [0.1, 0.15) is 0 Å². The van der Waals surface area contributed by atoms with E-state index in [1.807, 2.05) is 10.9 Å². The van der Waals surface area contributed by atoms with Gasteiger partial charge in [-0.25, -0.2) is 0 Å². The fourth-order valence-electron chi connectivity index (χ4n) is 3.22. The van der Waals surface area contributed by atoms with Crippen molar-refractivity contribution in [2.24, 2.45) is 0 Å². The first-order valence-corrected chi connectivity index (χ1v) is 8.42. The zero-order valence-corrected chi connectivity index (χ0v) is 13.5. The molecule has 0 bridgehead atoms. The molecule has 4 nitrogen and oxygen atoms in total. The van der Waals surface area contributed by atoms with Crippen LogP contribution in [0.2, 0.25) is 0 Å². The number of benzene rings is 1. The lowest BCUT2D eigenvalue weighted by molar-refractivity contribution is 0.568. The summed E-state index contributed by atoms with van der Waals surface area (Å²) in [6, 6.07) is 10.9. The molecule has 4 heteroatoms. The number of aromatic nitrogens is 2. The van der Waals surface area contributed by atoms with Crippen LogP contribution in [0, 0.1) is 0 Å². The van der Waals surface area contributed by atoms with E-state index in [2.05, 4.69) is 52.6 Å². The third-order valence-electron chi connectivity index (χ3n) is 4.41. The minimum absolute atomic E-state index is 0.863. The van der Waals surface area contributed by atoms with Crippen molar-refractivity contribution < 1.29 is 0 Å².